The molecule has 0 bridgehead atoms. The van der Waals surface area contributed by atoms with Crippen molar-refractivity contribution in [3.05, 3.63) is 11.6 Å². The van der Waals surface area contributed by atoms with Crippen LogP contribution in [0.15, 0.2) is 11.6 Å². The minimum absolute atomic E-state index is 0.0261. The maximum absolute atomic E-state index is 12.2. The smallest absolute Gasteiger partial charge is 0.346 e. The van der Waals surface area contributed by atoms with Gasteiger partial charge in [-0.1, -0.05) is 0 Å². The van der Waals surface area contributed by atoms with Gasteiger partial charge in [0.05, 0.1) is 6.54 Å². The van der Waals surface area contributed by atoms with E-state index in [1.807, 2.05) is 10.3 Å². The van der Waals surface area contributed by atoms with E-state index in [2.05, 4.69) is 9.88 Å². The summed E-state index contributed by atoms with van der Waals surface area (Å²) in [5.41, 5.74) is 0. The first-order valence-electron chi connectivity index (χ1n) is 6.52. The van der Waals surface area contributed by atoms with Gasteiger partial charge in [-0.25, -0.2) is 4.98 Å². The van der Waals surface area contributed by atoms with Crippen LogP contribution in [0.1, 0.15) is 0 Å². The molecule has 0 spiro atoms. The highest BCUT2D eigenvalue weighted by molar-refractivity contribution is 7.13. The molecular formula is C12H17F3N4OS. The number of amides is 1. The van der Waals surface area contributed by atoms with Crippen LogP contribution in [0, 0.1) is 0 Å². The molecule has 0 radical (unpaired) electrons. The van der Waals surface area contributed by atoms with E-state index in [-0.39, 0.29) is 6.54 Å². The summed E-state index contributed by atoms with van der Waals surface area (Å²) in [6.07, 6.45) is -2.62. The van der Waals surface area contributed by atoms with Crippen LogP contribution in [0.3, 0.4) is 0 Å². The van der Waals surface area contributed by atoms with Crippen LogP contribution in [0.5, 0.6) is 0 Å². The van der Waals surface area contributed by atoms with Crippen LogP contribution in [0.25, 0.3) is 0 Å². The van der Waals surface area contributed by atoms with Crippen molar-refractivity contribution in [2.45, 2.75) is 6.18 Å². The monoisotopic (exact) mass is 322 g/mol. The van der Waals surface area contributed by atoms with Crippen molar-refractivity contribution in [2.24, 2.45) is 0 Å². The number of nitrogens with zero attached hydrogens (tertiary/aromatic N) is 4. The first-order valence-corrected chi connectivity index (χ1v) is 7.40. The van der Waals surface area contributed by atoms with E-state index < -0.39 is 18.6 Å². The molecule has 5 nitrogen and oxygen atoms in total. The van der Waals surface area contributed by atoms with Crippen LogP contribution in [0.4, 0.5) is 18.3 Å². The summed E-state index contributed by atoms with van der Waals surface area (Å²) in [4.78, 5) is 20.7. The van der Waals surface area contributed by atoms with Gasteiger partial charge in [0, 0.05) is 44.8 Å². The van der Waals surface area contributed by atoms with Gasteiger partial charge in [0.2, 0.25) is 5.91 Å². The number of hydrogen-bond donors (Lipinski definition) is 0. The molecule has 0 N–H and O–H groups in total. The number of carbonyl (C=O) groups excluding carboxylic acids is 1. The standard InChI is InChI=1S/C12H17F3N4OS/c1-17(9-12(13,14)15)10(20)8-18-3-5-19(6-4-18)11-16-2-7-21-11/h2,7H,3-6,8-9H2,1H3. The van der Waals surface area contributed by atoms with Gasteiger partial charge in [0.15, 0.2) is 5.13 Å². The van der Waals surface area contributed by atoms with Crippen LogP contribution < -0.4 is 4.90 Å². The summed E-state index contributed by atoms with van der Waals surface area (Å²) in [6, 6.07) is 0. The zero-order valence-electron chi connectivity index (χ0n) is 11.6. The molecule has 21 heavy (non-hydrogen) atoms. The van der Waals surface area contributed by atoms with Gasteiger partial charge in [0.25, 0.3) is 0 Å². The van der Waals surface area contributed by atoms with Gasteiger partial charge in [-0.3, -0.25) is 9.69 Å². The molecule has 0 saturated carbocycles. The first kappa shape index (κ1) is 16.0. The molecule has 1 aliphatic rings. The molecular weight excluding hydrogens is 305 g/mol. The van der Waals surface area contributed by atoms with Gasteiger partial charge in [-0.05, 0) is 0 Å². The summed E-state index contributed by atoms with van der Waals surface area (Å²) in [7, 11) is 1.18. The number of alkyl halides is 3. The second kappa shape index (κ2) is 6.61. The van der Waals surface area contributed by atoms with Crippen molar-refractivity contribution in [3.8, 4) is 0 Å². The Hall–Kier alpha value is -1.35. The molecule has 1 aromatic rings. The summed E-state index contributed by atoms with van der Waals surface area (Å²) < 4.78 is 36.7. The SMILES string of the molecule is CN(CC(F)(F)F)C(=O)CN1CCN(c2nccs2)CC1. The molecule has 1 saturated heterocycles. The third-order valence-electron chi connectivity index (χ3n) is 3.26. The van der Waals surface area contributed by atoms with E-state index >= 15 is 0 Å². The Morgan fingerprint density at radius 1 is 1.38 bits per heavy atom. The average molecular weight is 322 g/mol. The minimum Gasteiger partial charge on any atom is -0.346 e. The number of halogens is 3. The Kier molecular flexibility index (Phi) is 5.04. The van der Waals surface area contributed by atoms with Gasteiger partial charge in [-0.2, -0.15) is 13.2 Å². The predicted octanol–water partition coefficient (Wildman–Crippen LogP) is 1.29. The Labute approximate surface area is 125 Å². The highest BCUT2D eigenvalue weighted by atomic mass is 32.1. The lowest BCUT2D eigenvalue weighted by Gasteiger charge is -2.34. The van der Waals surface area contributed by atoms with Crippen molar-refractivity contribution in [1.29, 1.82) is 0 Å². The third-order valence-corrected chi connectivity index (χ3v) is 4.10. The molecule has 1 fully saturated rings. The Bertz CT molecular complexity index is 458. The lowest BCUT2D eigenvalue weighted by molar-refractivity contribution is -0.159. The lowest BCUT2D eigenvalue weighted by atomic mass is 10.3. The minimum atomic E-state index is -4.35. The second-order valence-electron chi connectivity index (χ2n) is 4.94. The zero-order chi connectivity index (χ0) is 15.5. The molecule has 0 atom stereocenters. The normalized spacial score (nSPS) is 17.0. The van der Waals surface area contributed by atoms with Crippen molar-refractivity contribution < 1.29 is 18.0 Å². The Morgan fingerprint density at radius 3 is 2.57 bits per heavy atom. The highest BCUT2D eigenvalue weighted by Crippen LogP contribution is 2.19. The molecule has 0 unspecified atom stereocenters. The topological polar surface area (TPSA) is 39.7 Å². The number of rotatable bonds is 4. The van der Waals surface area contributed by atoms with E-state index in [0.717, 1.165) is 23.1 Å². The van der Waals surface area contributed by atoms with Crippen LogP contribution >= 0.6 is 11.3 Å². The molecule has 1 amide bonds. The number of likely N-dealkylation sites (N-methyl/N-ethyl adjacent to an activating group) is 1. The lowest BCUT2D eigenvalue weighted by Crippen LogP contribution is -2.50. The second-order valence-corrected chi connectivity index (χ2v) is 5.82. The van der Waals surface area contributed by atoms with Gasteiger partial charge in [-0.15, -0.1) is 11.3 Å². The zero-order valence-corrected chi connectivity index (χ0v) is 12.5. The molecule has 0 aromatic carbocycles. The van der Waals surface area contributed by atoms with E-state index in [1.165, 1.54) is 7.05 Å². The van der Waals surface area contributed by atoms with E-state index in [1.54, 1.807) is 17.5 Å². The molecule has 2 heterocycles. The first-order chi connectivity index (χ1) is 9.85. The summed E-state index contributed by atoms with van der Waals surface area (Å²) in [5, 5.41) is 2.84. The maximum Gasteiger partial charge on any atom is 0.406 e. The van der Waals surface area contributed by atoms with Crippen molar-refractivity contribution >= 4 is 22.4 Å². The number of aromatic nitrogens is 1. The van der Waals surface area contributed by atoms with Crippen molar-refractivity contribution in [3.63, 3.8) is 0 Å². The van der Waals surface area contributed by atoms with E-state index in [9.17, 15) is 18.0 Å². The van der Waals surface area contributed by atoms with Crippen molar-refractivity contribution in [2.75, 3.05) is 51.2 Å². The molecule has 2 rings (SSSR count). The maximum atomic E-state index is 12.2. The number of hydrogen-bond acceptors (Lipinski definition) is 5. The number of thiazole rings is 1. The molecule has 9 heteroatoms. The predicted molar refractivity (Wildman–Crippen MR) is 74.5 cm³/mol. The highest BCUT2D eigenvalue weighted by Gasteiger charge is 2.31. The fourth-order valence-electron chi connectivity index (χ4n) is 2.14. The number of anilines is 1. The van der Waals surface area contributed by atoms with Crippen LogP contribution in [-0.2, 0) is 4.79 Å². The molecule has 1 aliphatic heterocycles. The fourth-order valence-corrected chi connectivity index (χ4v) is 2.84. The third kappa shape index (κ3) is 4.85. The summed E-state index contributed by atoms with van der Waals surface area (Å²) >= 11 is 1.55. The quantitative estimate of drug-likeness (QED) is 0.837. The largest absolute Gasteiger partial charge is 0.406 e. The van der Waals surface area contributed by atoms with Gasteiger partial charge in [0.1, 0.15) is 6.54 Å². The van der Waals surface area contributed by atoms with Crippen LogP contribution in [-0.4, -0.2) is 73.2 Å². The van der Waals surface area contributed by atoms with E-state index in [0.29, 0.717) is 13.1 Å². The molecule has 0 aliphatic carbocycles. The fraction of sp³-hybridized carbons (Fsp3) is 0.667. The summed E-state index contributed by atoms with van der Waals surface area (Å²) in [6.45, 7) is 1.56. The number of piperazine rings is 1. The van der Waals surface area contributed by atoms with Crippen molar-refractivity contribution in [1.82, 2.24) is 14.8 Å². The molecule has 1 aromatic heterocycles. The van der Waals surface area contributed by atoms with E-state index in [4.69, 9.17) is 0 Å². The van der Waals surface area contributed by atoms with Gasteiger partial charge >= 0.3 is 6.18 Å². The van der Waals surface area contributed by atoms with Gasteiger partial charge < -0.3 is 9.80 Å². The number of carbonyl (C=O) groups is 1. The average Bonchev–Trinajstić information content (AvgIpc) is 2.91. The molecule has 118 valence electrons. The van der Waals surface area contributed by atoms with Crippen LogP contribution in [0.2, 0.25) is 0 Å². The Balaban J connectivity index is 1.77. The Morgan fingerprint density at radius 2 is 2.05 bits per heavy atom. The summed E-state index contributed by atoms with van der Waals surface area (Å²) in [5.74, 6) is -0.505.